The van der Waals surface area contributed by atoms with Gasteiger partial charge in [0.05, 0.1) is 0 Å². The van der Waals surface area contributed by atoms with Crippen LogP contribution in [-0.4, -0.2) is 19.0 Å². The van der Waals surface area contributed by atoms with Crippen molar-refractivity contribution in [2.24, 2.45) is 0 Å². The van der Waals surface area contributed by atoms with E-state index < -0.39 is 10.3 Å². The maximum atomic E-state index is 9.97. The first-order valence-electron chi connectivity index (χ1n) is 2.81. The molecule has 4 nitrogen and oxygen atoms in total. The third kappa shape index (κ3) is 3.59. The quantitative estimate of drug-likeness (QED) is 0.335. The zero-order chi connectivity index (χ0) is 6.91. The molecule has 10 heavy (non-hydrogen) atoms. The van der Waals surface area contributed by atoms with Gasteiger partial charge in [-0.25, -0.2) is 13.1 Å². The van der Waals surface area contributed by atoms with Crippen LogP contribution in [0, 0.1) is 0 Å². The van der Waals surface area contributed by atoms with Gasteiger partial charge in [0, 0.05) is 6.04 Å². The van der Waals surface area contributed by atoms with E-state index >= 15 is 0 Å². The van der Waals surface area contributed by atoms with Crippen molar-refractivity contribution in [2.75, 3.05) is 0 Å². The van der Waals surface area contributed by atoms with Gasteiger partial charge in [-0.3, -0.25) is 0 Å². The van der Waals surface area contributed by atoms with Crippen molar-refractivity contribution in [3.05, 3.63) is 0 Å². The maximum Gasteiger partial charge on any atom is 1.00 e. The molecule has 1 aliphatic rings. The molecule has 1 rings (SSSR count). The molecule has 0 heterocycles. The largest absolute Gasteiger partial charge is 1.00 e. The van der Waals surface area contributed by atoms with E-state index in [9.17, 15) is 13.0 Å². The molecule has 1 N–H and O–H groups in total. The molecule has 1 aliphatic carbocycles. The maximum absolute atomic E-state index is 9.97. The van der Waals surface area contributed by atoms with Crippen molar-refractivity contribution < 1.29 is 31.8 Å². The van der Waals surface area contributed by atoms with Crippen LogP contribution in [0.15, 0.2) is 0 Å². The molecular formula is C4H8LiNO3S. The molecule has 0 aromatic carbocycles. The zero-order valence-electron chi connectivity index (χ0n) is 5.83. The van der Waals surface area contributed by atoms with Crippen LogP contribution in [0.25, 0.3) is 0 Å². The number of hydrogen-bond acceptors (Lipinski definition) is 3. The third-order valence-electron chi connectivity index (χ3n) is 1.42. The summed E-state index contributed by atoms with van der Waals surface area (Å²) in [6, 6.07) is -0.0764. The van der Waals surface area contributed by atoms with Gasteiger partial charge in [0.1, 0.15) is 0 Å². The Hall–Kier alpha value is 0.467. The van der Waals surface area contributed by atoms with Crippen molar-refractivity contribution >= 4 is 10.3 Å². The second-order valence-electron chi connectivity index (χ2n) is 2.20. The summed E-state index contributed by atoms with van der Waals surface area (Å²) in [5.74, 6) is 0. The molecule has 0 atom stereocenters. The van der Waals surface area contributed by atoms with Crippen LogP contribution in [0.2, 0.25) is 0 Å². The predicted molar refractivity (Wildman–Crippen MR) is 30.5 cm³/mol. The minimum absolute atomic E-state index is 0. The van der Waals surface area contributed by atoms with Gasteiger partial charge in [0.25, 0.3) is 0 Å². The van der Waals surface area contributed by atoms with Crippen LogP contribution in [0.5, 0.6) is 0 Å². The van der Waals surface area contributed by atoms with E-state index in [0.29, 0.717) is 0 Å². The van der Waals surface area contributed by atoms with Crippen molar-refractivity contribution in [2.45, 2.75) is 25.3 Å². The summed E-state index contributed by atoms with van der Waals surface area (Å²) in [5, 5.41) is 0. The molecule has 0 unspecified atom stereocenters. The van der Waals surface area contributed by atoms with E-state index in [1.165, 1.54) is 0 Å². The third-order valence-corrected chi connectivity index (χ3v) is 2.04. The summed E-state index contributed by atoms with van der Waals surface area (Å²) < 4.78 is 31.9. The Kier molecular flexibility index (Phi) is 3.92. The first kappa shape index (κ1) is 10.5. The Bertz CT molecular complexity index is 187. The molecular weight excluding hydrogens is 149 g/mol. The summed E-state index contributed by atoms with van der Waals surface area (Å²) in [7, 11) is -4.18. The van der Waals surface area contributed by atoms with Crippen molar-refractivity contribution in [3.63, 3.8) is 0 Å². The van der Waals surface area contributed by atoms with Gasteiger partial charge < -0.3 is 4.55 Å². The normalized spacial score (nSPS) is 19.3. The molecule has 54 valence electrons. The molecule has 0 amide bonds. The van der Waals surface area contributed by atoms with Crippen LogP contribution in [-0.2, 0) is 10.3 Å². The molecule has 6 heteroatoms. The van der Waals surface area contributed by atoms with Gasteiger partial charge in [-0.15, -0.1) is 0 Å². The number of nitrogens with one attached hydrogen (secondary N) is 1. The molecule has 1 fully saturated rings. The Balaban J connectivity index is 0.000000810. The van der Waals surface area contributed by atoms with Crippen molar-refractivity contribution in [1.29, 1.82) is 0 Å². The fourth-order valence-electron chi connectivity index (χ4n) is 0.730. The topological polar surface area (TPSA) is 69.2 Å². The summed E-state index contributed by atoms with van der Waals surface area (Å²) in [6.07, 6.45) is 2.64. The fourth-order valence-corrected chi connectivity index (χ4v) is 1.37. The second-order valence-corrected chi connectivity index (χ2v) is 3.34. The Labute approximate surface area is 72.4 Å². The van der Waals surface area contributed by atoms with Crippen LogP contribution in [0.1, 0.15) is 19.3 Å². The average Bonchev–Trinajstić information content (AvgIpc) is 1.53. The summed E-state index contributed by atoms with van der Waals surface area (Å²) >= 11 is 0. The Morgan fingerprint density at radius 3 is 2.00 bits per heavy atom. The summed E-state index contributed by atoms with van der Waals surface area (Å²) in [6.45, 7) is 0. The minimum Gasteiger partial charge on any atom is -0.735 e. The van der Waals surface area contributed by atoms with E-state index in [1.807, 2.05) is 4.72 Å². The van der Waals surface area contributed by atoms with E-state index in [-0.39, 0.29) is 24.9 Å². The Morgan fingerprint density at radius 1 is 1.40 bits per heavy atom. The van der Waals surface area contributed by atoms with Gasteiger partial charge in [-0.2, -0.15) is 0 Å². The predicted octanol–water partition coefficient (Wildman–Crippen LogP) is -3.41. The summed E-state index contributed by atoms with van der Waals surface area (Å²) in [5.41, 5.74) is 0. The van der Waals surface area contributed by atoms with E-state index in [2.05, 4.69) is 0 Å². The van der Waals surface area contributed by atoms with Crippen molar-refractivity contribution in [3.8, 4) is 0 Å². The molecule has 0 radical (unpaired) electrons. The van der Waals surface area contributed by atoms with Crippen molar-refractivity contribution in [1.82, 2.24) is 4.72 Å². The monoisotopic (exact) mass is 157 g/mol. The molecule has 0 aromatic rings. The van der Waals surface area contributed by atoms with Crippen LogP contribution >= 0.6 is 0 Å². The van der Waals surface area contributed by atoms with Gasteiger partial charge in [0.15, 0.2) is 10.3 Å². The molecule has 0 bridgehead atoms. The molecule has 0 saturated heterocycles. The van der Waals surface area contributed by atoms with Crippen LogP contribution in [0.3, 0.4) is 0 Å². The smallest absolute Gasteiger partial charge is 0.735 e. The minimum atomic E-state index is -4.18. The molecule has 1 saturated carbocycles. The average molecular weight is 157 g/mol. The summed E-state index contributed by atoms with van der Waals surface area (Å²) in [4.78, 5) is 0. The molecule has 0 aromatic heterocycles. The molecule has 0 aliphatic heterocycles. The van der Waals surface area contributed by atoms with Gasteiger partial charge >= 0.3 is 18.9 Å². The molecule has 0 spiro atoms. The standard InChI is InChI=1S/C4H9NO3S.Li/c6-9(7,8)5-4-2-1-3-4;/h4-5H,1-3H2,(H,6,7,8);/q;+1/p-1. The fraction of sp³-hybridized carbons (Fsp3) is 1.00. The van der Waals surface area contributed by atoms with E-state index in [4.69, 9.17) is 0 Å². The number of rotatable bonds is 2. The van der Waals surface area contributed by atoms with Crippen LogP contribution < -0.4 is 23.6 Å². The first-order chi connectivity index (χ1) is 4.08. The number of hydrogen-bond donors (Lipinski definition) is 1. The second kappa shape index (κ2) is 3.74. The van der Waals surface area contributed by atoms with E-state index in [1.54, 1.807) is 0 Å². The zero-order valence-corrected chi connectivity index (χ0v) is 6.65. The van der Waals surface area contributed by atoms with Gasteiger partial charge in [-0.1, -0.05) is 6.42 Å². The SMILES string of the molecule is O=S(=O)([O-])NC1CCC1.[Li+]. The van der Waals surface area contributed by atoms with E-state index in [0.717, 1.165) is 19.3 Å². The van der Waals surface area contributed by atoms with Gasteiger partial charge in [-0.05, 0) is 12.8 Å². The van der Waals surface area contributed by atoms with Gasteiger partial charge in [0.2, 0.25) is 0 Å². The Morgan fingerprint density at radius 2 is 1.90 bits per heavy atom. The van der Waals surface area contributed by atoms with Crippen LogP contribution in [0.4, 0.5) is 0 Å². The first-order valence-corrected chi connectivity index (χ1v) is 4.22.